The Labute approximate surface area is 202 Å². The zero-order valence-electron chi connectivity index (χ0n) is 19.7. The minimum absolute atomic E-state index is 0.0321. The van der Waals surface area contributed by atoms with Gasteiger partial charge in [0.25, 0.3) is 0 Å². The Morgan fingerprint density at radius 3 is 2.56 bits per heavy atom. The van der Waals surface area contributed by atoms with Gasteiger partial charge in [-0.1, -0.05) is 19.9 Å². The van der Waals surface area contributed by atoms with E-state index in [2.05, 4.69) is 0 Å². The summed E-state index contributed by atoms with van der Waals surface area (Å²) < 4.78 is 27.9. The van der Waals surface area contributed by atoms with Crippen LogP contribution in [0.3, 0.4) is 0 Å². The molecule has 9 heteroatoms. The smallest absolute Gasteiger partial charge is 0.435 e. The number of carbonyl (C=O) groups is 4. The van der Waals surface area contributed by atoms with Gasteiger partial charge < -0.3 is 14.6 Å². The molecule has 0 saturated heterocycles. The average Bonchev–Trinajstić information content (AvgIpc) is 2.99. The number of ketones is 3. The molecule has 0 radical (unpaired) electrons. The number of alkyl halides is 2. The van der Waals surface area contributed by atoms with Crippen molar-refractivity contribution < 1.29 is 38.1 Å². The third kappa shape index (κ3) is 2.90. The Morgan fingerprint density at radius 1 is 1.26 bits per heavy atom. The maximum atomic E-state index is 17.2. The lowest BCUT2D eigenvalue weighted by molar-refractivity contribution is -0.219. The van der Waals surface area contributed by atoms with Gasteiger partial charge in [-0.15, -0.1) is 11.6 Å². The zero-order chi connectivity index (χ0) is 25.3. The van der Waals surface area contributed by atoms with Gasteiger partial charge in [-0.3, -0.25) is 14.4 Å². The van der Waals surface area contributed by atoms with E-state index in [1.807, 2.05) is 0 Å². The molecule has 3 saturated carbocycles. The van der Waals surface area contributed by atoms with Crippen molar-refractivity contribution in [3.8, 4) is 0 Å². The average molecular weight is 497 g/mol. The lowest BCUT2D eigenvalue weighted by atomic mass is 9.44. The van der Waals surface area contributed by atoms with E-state index in [4.69, 9.17) is 21.1 Å². The van der Waals surface area contributed by atoms with Crippen LogP contribution in [0.4, 0.5) is 9.18 Å². The summed E-state index contributed by atoms with van der Waals surface area (Å²) in [5.74, 6) is -3.86. The van der Waals surface area contributed by atoms with E-state index in [-0.39, 0.29) is 37.2 Å². The van der Waals surface area contributed by atoms with Crippen molar-refractivity contribution >= 4 is 35.1 Å². The number of rotatable bonds is 4. The zero-order valence-corrected chi connectivity index (χ0v) is 20.5. The SMILES string of the molecule is CCOC(=O)O[C@]1(C(=O)CCl)[C@@H](C)C[C@H]2[C@@H]3CC(=O)C4=CC(=O)C=C[C@]4(C)[C@@]3(F)[C@@H](O)C[C@@]21C. The van der Waals surface area contributed by atoms with Crippen molar-refractivity contribution in [3.05, 3.63) is 23.8 Å². The number of halogens is 2. The summed E-state index contributed by atoms with van der Waals surface area (Å²) in [6.07, 6.45) is 0.983. The van der Waals surface area contributed by atoms with E-state index < -0.39 is 69.6 Å². The molecule has 7 nitrogen and oxygen atoms in total. The standard InChI is InChI=1S/C25H30ClFO7/c1-5-33-21(32)34-25(20(31)12-26)13(2)8-15-16-10-18(29)17-9-14(28)6-7-22(17,3)24(16,27)19(30)11-23(15,25)4/h6-7,9,13,15-16,19,30H,5,8,10-12H2,1-4H3/t13-,15-,16-,19-,22-,23-,24-,25-/m0/s1. The molecule has 4 aliphatic carbocycles. The van der Waals surface area contributed by atoms with Crippen LogP contribution in [0, 0.1) is 28.6 Å². The van der Waals surface area contributed by atoms with Crippen LogP contribution in [0.25, 0.3) is 0 Å². The van der Waals surface area contributed by atoms with E-state index in [9.17, 15) is 24.3 Å². The van der Waals surface area contributed by atoms with Gasteiger partial charge in [-0.25, -0.2) is 9.18 Å². The van der Waals surface area contributed by atoms with E-state index in [1.54, 1.807) is 20.8 Å². The van der Waals surface area contributed by atoms with Crippen LogP contribution < -0.4 is 0 Å². The number of Topliss-reactive ketones (excluding diaryl/α,β-unsaturated/α-hetero) is 2. The molecular formula is C25H30ClFO7. The van der Waals surface area contributed by atoms with Crippen LogP contribution in [-0.4, -0.2) is 58.5 Å². The molecular weight excluding hydrogens is 467 g/mol. The van der Waals surface area contributed by atoms with E-state index in [0.717, 1.165) is 6.08 Å². The first-order valence-electron chi connectivity index (χ1n) is 11.6. The quantitative estimate of drug-likeness (QED) is 0.469. The number of hydrogen-bond acceptors (Lipinski definition) is 7. The first kappa shape index (κ1) is 25.0. The van der Waals surface area contributed by atoms with E-state index >= 15 is 4.39 Å². The van der Waals surface area contributed by atoms with Crippen molar-refractivity contribution in [1.82, 2.24) is 0 Å². The predicted molar refractivity (Wildman–Crippen MR) is 120 cm³/mol. The van der Waals surface area contributed by atoms with Crippen LogP contribution in [-0.2, 0) is 23.9 Å². The van der Waals surface area contributed by atoms with E-state index in [1.165, 1.54) is 19.1 Å². The Hall–Kier alpha value is -2.06. The Balaban J connectivity index is 1.87. The molecule has 3 fully saturated rings. The second-order valence-corrected chi connectivity index (χ2v) is 10.7. The highest BCUT2D eigenvalue weighted by molar-refractivity contribution is 6.29. The fourth-order valence-electron chi connectivity index (χ4n) is 7.61. The molecule has 0 aromatic carbocycles. The maximum absolute atomic E-state index is 17.2. The van der Waals surface area contributed by atoms with Gasteiger partial charge in [0.2, 0.25) is 0 Å². The highest BCUT2D eigenvalue weighted by Gasteiger charge is 2.78. The first-order valence-corrected chi connectivity index (χ1v) is 12.2. The summed E-state index contributed by atoms with van der Waals surface area (Å²) in [6.45, 7) is 6.60. The lowest BCUT2D eigenvalue weighted by Crippen LogP contribution is -2.71. The molecule has 34 heavy (non-hydrogen) atoms. The van der Waals surface area contributed by atoms with Crippen molar-refractivity contribution in [2.24, 2.45) is 28.6 Å². The molecule has 0 heterocycles. The number of carbonyl (C=O) groups excluding carboxylic acids is 4. The van der Waals surface area contributed by atoms with Gasteiger partial charge in [-0.2, -0.15) is 0 Å². The largest absolute Gasteiger partial charge is 0.509 e. The molecule has 4 aliphatic rings. The molecule has 0 amide bonds. The molecule has 0 bridgehead atoms. The van der Waals surface area contributed by atoms with Gasteiger partial charge in [0.05, 0.1) is 24.0 Å². The van der Waals surface area contributed by atoms with Gasteiger partial charge >= 0.3 is 6.16 Å². The van der Waals surface area contributed by atoms with Crippen molar-refractivity contribution in [2.75, 3.05) is 12.5 Å². The van der Waals surface area contributed by atoms with Crippen LogP contribution in [0.5, 0.6) is 0 Å². The van der Waals surface area contributed by atoms with Gasteiger partial charge in [0.15, 0.2) is 28.6 Å². The fourth-order valence-corrected chi connectivity index (χ4v) is 7.81. The number of ether oxygens (including phenoxy) is 2. The first-order chi connectivity index (χ1) is 15.8. The van der Waals surface area contributed by atoms with Gasteiger partial charge in [0.1, 0.15) is 0 Å². The third-order valence-electron chi connectivity index (χ3n) is 9.07. The highest BCUT2D eigenvalue weighted by atomic mass is 35.5. The predicted octanol–water partition coefficient (Wildman–Crippen LogP) is 3.50. The monoisotopic (exact) mass is 496 g/mol. The van der Waals surface area contributed by atoms with Crippen molar-refractivity contribution in [1.29, 1.82) is 0 Å². The number of allylic oxidation sites excluding steroid dienone is 4. The normalized spacial score (nSPS) is 45.1. The number of aliphatic hydroxyl groups is 1. The lowest BCUT2D eigenvalue weighted by Gasteiger charge is -2.62. The molecule has 0 spiro atoms. The molecule has 1 N–H and O–H groups in total. The topological polar surface area (TPSA) is 107 Å². The van der Waals surface area contributed by atoms with Gasteiger partial charge in [-0.05, 0) is 44.8 Å². The van der Waals surface area contributed by atoms with E-state index in [0.29, 0.717) is 0 Å². The Kier molecular flexibility index (Phi) is 5.88. The van der Waals surface area contributed by atoms with Crippen molar-refractivity contribution in [3.63, 3.8) is 0 Å². The minimum atomic E-state index is -2.27. The molecule has 4 rings (SSSR count). The van der Waals surface area contributed by atoms with Crippen LogP contribution >= 0.6 is 11.6 Å². The summed E-state index contributed by atoms with van der Waals surface area (Å²) >= 11 is 5.97. The number of aliphatic hydroxyl groups excluding tert-OH is 1. The second-order valence-electron chi connectivity index (χ2n) is 10.5. The molecule has 8 atom stereocenters. The van der Waals surface area contributed by atoms with Crippen molar-refractivity contribution in [2.45, 2.75) is 64.3 Å². The van der Waals surface area contributed by atoms with Crippen LogP contribution in [0.2, 0.25) is 0 Å². The Bertz CT molecular complexity index is 1020. The number of hydrogen-bond donors (Lipinski definition) is 1. The summed E-state index contributed by atoms with van der Waals surface area (Å²) in [7, 11) is 0. The highest BCUT2D eigenvalue weighted by Crippen LogP contribution is 2.71. The summed E-state index contributed by atoms with van der Waals surface area (Å²) in [5.41, 5.74) is -6.66. The fraction of sp³-hybridized carbons (Fsp3) is 0.680. The Morgan fingerprint density at radius 2 is 1.94 bits per heavy atom. The van der Waals surface area contributed by atoms with Gasteiger partial charge in [0, 0.05) is 29.2 Å². The molecule has 0 aliphatic heterocycles. The summed E-state index contributed by atoms with van der Waals surface area (Å²) in [4.78, 5) is 50.9. The second kappa shape index (κ2) is 7.98. The summed E-state index contributed by atoms with van der Waals surface area (Å²) in [5, 5.41) is 11.4. The molecule has 0 unspecified atom stereocenters. The molecule has 0 aromatic heterocycles. The maximum Gasteiger partial charge on any atom is 0.509 e. The minimum Gasteiger partial charge on any atom is -0.435 e. The van der Waals surface area contributed by atoms with Crippen LogP contribution in [0.1, 0.15) is 47.0 Å². The summed E-state index contributed by atoms with van der Waals surface area (Å²) in [6, 6.07) is 0. The molecule has 186 valence electrons. The molecule has 0 aromatic rings. The third-order valence-corrected chi connectivity index (χ3v) is 9.31. The van der Waals surface area contributed by atoms with Crippen LogP contribution in [0.15, 0.2) is 23.8 Å². The number of fused-ring (bicyclic) bond motifs is 5.